The summed E-state index contributed by atoms with van der Waals surface area (Å²) < 4.78 is 5.20. The van der Waals surface area contributed by atoms with Crippen molar-refractivity contribution in [1.82, 2.24) is 0 Å². The van der Waals surface area contributed by atoms with Crippen molar-refractivity contribution in [3.63, 3.8) is 0 Å². The third-order valence-corrected chi connectivity index (χ3v) is 2.96. The number of aryl methyl sites for hydroxylation is 1. The Morgan fingerprint density at radius 3 is 3.13 bits per heavy atom. The highest BCUT2D eigenvalue weighted by molar-refractivity contribution is 5.69. The predicted molar refractivity (Wildman–Crippen MR) is 59.0 cm³/mol. The van der Waals surface area contributed by atoms with Crippen molar-refractivity contribution in [2.45, 2.75) is 25.2 Å². The molecule has 0 saturated carbocycles. The minimum Gasteiger partial charge on any atom is -0.497 e. The van der Waals surface area contributed by atoms with Gasteiger partial charge in [-0.1, -0.05) is 6.07 Å². The van der Waals surface area contributed by atoms with Crippen molar-refractivity contribution in [2.75, 3.05) is 7.11 Å². The summed E-state index contributed by atoms with van der Waals surface area (Å²) in [5, 5.41) is 11.8. The van der Waals surface area contributed by atoms with E-state index in [0.717, 1.165) is 25.0 Å². The number of oxime groups is 1. The van der Waals surface area contributed by atoms with E-state index in [-0.39, 0.29) is 5.92 Å². The molecule has 1 N–H and O–H groups in total. The maximum atomic E-state index is 8.61. The lowest BCUT2D eigenvalue weighted by Crippen LogP contribution is -2.11. The van der Waals surface area contributed by atoms with Gasteiger partial charge in [0.1, 0.15) is 5.75 Å². The van der Waals surface area contributed by atoms with Crippen LogP contribution in [0.4, 0.5) is 0 Å². The van der Waals surface area contributed by atoms with Gasteiger partial charge in [0, 0.05) is 5.92 Å². The van der Waals surface area contributed by atoms with Gasteiger partial charge < -0.3 is 9.94 Å². The topological polar surface area (TPSA) is 41.8 Å². The smallest absolute Gasteiger partial charge is 0.119 e. The molecule has 0 aromatic heterocycles. The molecule has 0 fully saturated rings. The second kappa shape index (κ2) is 4.34. The Morgan fingerprint density at radius 2 is 2.40 bits per heavy atom. The van der Waals surface area contributed by atoms with E-state index in [1.165, 1.54) is 11.1 Å². The zero-order valence-electron chi connectivity index (χ0n) is 8.81. The molecule has 1 unspecified atom stereocenters. The maximum Gasteiger partial charge on any atom is 0.119 e. The molecule has 1 aliphatic carbocycles. The summed E-state index contributed by atoms with van der Waals surface area (Å²) in [5.74, 6) is 1.10. The summed E-state index contributed by atoms with van der Waals surface area (Å²) in [6.07, 6.45) is 4.91. The molecule has 0 amide bonds. The van der Waals surface area contributed by atoms with Crippen LogP contribution >= 0.6 is 0 Å². The molecule has 0 bridgehead atoms. The molecule has 0 heterocycles. The molecule has 1 aliphatic rings. The average Bonchev–Trinajstić information content (AvgIpc) is 2.29. The van der Waals surface area contributed by atoms with Gasteiger partial charge >= 0.3 is 0 Å². The molecule has 0 saturated heterocycles. The first kappa shape index (κ1) is 10.0. The van der Waals surface area contributed by atoms with Gasteiger partial charge in [-0.05, 0) is 42.5 Å². The quantitative estimate of drug-likeness (QED) is 0.458. The molecule has 0 aliphatic heterocycles. The van der Waals surface area contributed by atoms with E-state index in [1.807, 2.05) is 12.1 Å². The standard InChI is InChI=1S/C12H15NO2/c1-15-11-6-5-9-3-2-4-10(8-13-14)12(9)7-11/h5-8,10,14H,2-4H2,1H3/b13-8+. The normalized spacial score (nSPS) is 20.2. The first-order valence-corrected chi connectivity index (χ1v) is 5.19. The second-order valence-electron chi connectivity index (χ2n) is 3.83. The Balaban J connectivity index is 2.39. The second-order valence-corrected chi connectivity index (χ2v) is 3.83. The molecule has 3 heteroatoms. The zero-order chi connectivity index (χ0) is 10.7. The number of methoxy groups -OCH3 is 1. The first-order chi connectivity index (χ1) is 7.35. The maximum absolute atomic E-state index is 8.61. The number of nitrogens with zero attached hydrogens (tertiary/aromatic N) is 1. The van der Waals surface area contributed by atoms with Gasteiger partial charge in [0.15, 0.2) is 0 Å². The molecule has 80 valence electrons. The number of fused-ring (bicyclic) bond motifs is 1. The molecule has 15 heavy (non-hydrogen) atoms. The summed E-state index contributed by atoms with van der Waals surface area (Å²) in [7, 11) is 1.67. The van der Waals surface area contributed by atoms with E-state index < -0.39 is 0 Å². The van der Waals surface area contributed by atoms with E-state index in [0.29, 0.717) is 0 Å². The highest BCUT2D eigenvalue weighted by atomic mass is 16.5. The van der Waals surface area contributed by atoms with E-state index in [2.05, 4.69) is 11.2 Å². The Bertz CT molecular complexity index is 374. The Morgan fingerprint density at radius 1 is 1.53 bits per heavy atom. The van der Waals surface area contributed by atoms with Crippen LogP contribution in [0.1, 0.15) is 29.9 Å². The lowest BCUT2D eigenvalue weighted by Gasteiger charge is -2.22. The van der Waals surface area contributed by atoms with Crippen LogP contribution in [-0.2, 0) is 6.42 Å². The number of ether oxygens (including phenoxy) is 1. The van der Waals surface area contributed by atoms with Crippen LogP contribution in [0.15, 0.2) is 23.4 Å². The van der Waals surface area contributed by atoms with Crippen molar-refractivity contribution in [1.29, 1.82) is 0 Å². The zero-order valence-corrected chi connectivity index (χ0v) is 8.81. The molecular weight excluding hydrogens is 190 g/mol. The van der Waals surface area contributed by atoms with Crippen molar-refractivity contribution in [3.05, 3.63) is 29.3 Å². The predicted octanol–water partition coefficient (Wildman–Crippen LogP) is 2.58. The van der Waals surface area contributed by atoms with Crippen LogP contribution < -0.4 is 4.74 Å². The fraction of sp³-hybridized carbons (Fsp3) is 0.417. The Hall–Kier alpha value is -1.51. The summed E-state index contributed by atoms with van der Waals surface area (Å²) in [5.41, 5.74) is 2.57. The van der Waals surface area contributed by atoms with Gasteiger partial charge in [0.2, 0.25) is 0 Å². The summed E-state index contributed by atoms with van der Waals surface area (Å²) >= 11 is 0. The van der Waals surface area contributed by atoms with Crippen molar-refractivity contribution in [3.8, 4) is 5.75 Å². The van der Waals surface area contributed by atoms with Crippen LogP contribution in [0.25, 0.3) is 0 Å². The third-order valence-electron chi connectivity index (χ3n) is 2.96. The molecule has 1 atom stereocenters. The van der Waals surface area contributed by atoms with Gasteiger partial charge in [-0.25, -0.2) is 0 Å². The lowest BCUT2D eigenvalue weighted by molar-refractivity contribution is 0.319. The number of hydrogen-bond donors (Lipinski definition) is 1. The molecule has 3 nitrogen and oxygen atoms in total. The van der Waals surface area contributed by atoms with Gasteiger partial charge in [-0.15, -0.1) is 5.16 Å². The molecular formula is C12H15NO2. The van der Waals surface area contributed by atoms with E-state index in [4.69, 9.17) is 9.94 Å². The van der Waals surface area contributed by atoms with Crippen LogP contribution in [0, 0.1) is 0 Å². The number of benzene rings is 1. The monoisotopic (exact) mass is 205 g/mol. The molecule has 2 rings (SSSR count). The highest BCUT2D eigenvalue weighted by Gasteiger charge is 2.19. The van der Waals surface area contributed by atoms with Crippen molar-refractivity contribution >= 4 is 6.21 Å². The van der Waals surface area contributed by atoms with Crippen LogP contribution in [0.3, 0.4) is 0 Å². The molecule has 1 aromatic carbocycles. The van der Waals surface area contributed by atoms with E-state index in [9.17, 15) is 0 Å². The highest BCUT2D eigenvalue weighted by Crippen LogP contribution is 2.32. The Kier molecular flexibility index (Phi) is 2.90. The minimum absolute atomic E-state index is 0.230. The van der Waals surface area contributed by atoms with E-state index >= 15 is 0 Å². The molecule has 0 spiro atoms. The van der Waals surface area contributed by atoms with Crippen LogP contribution in [0.2, 0.25) is 0 Å². The first-order valence-electron chi connectivity index (χ1n) is 5.19. The summed E-state index contributed by atoms with van der Waals surface area (Å²) in [4.78, 5) is 0. The van der Waals surface area contributed by atoms with Gasteiger partial charge in [-0.2, -0.15) is 0 Å². The number of hydrogen-bond acceptors (Lipinski definition) is 3. The fourth-order valence-electron chi connectivity index (χ4n) is 2.18. The summed E-state index contributed by atoms with van der Waals surface area (Å²) in [6, 6.07) is 6.13. The van der Waals surface area contributed by atoms with Crippen molar-refractivity contribution < 1.29 is 9.94 Å². The fourth-order valence-corrected chi connectivity index (χ4v) is 2.18. The summed E-state index contributed by atoms with van der Waals surface area (Å²) in [6.45, 7) is 0. The Labute approximate surface area is 89.4 Å². The molecule has 1 aromatic rings. The third kappa shape index (κ3) is 1.96. The number of rotatable bonds is 2. The van der Waals surface area contributed by atoms with E-state index in [1.54, 1.807) is 13.3 Å². The average molecular weight is 205 g/mol. The molecule has 0 radical (unpaired) electrons. The van der Waals surface area contributed by atoms with Crippen molar-refractivity contribution in [2.24, 2.45) is 5.16 Å². The van der Waals surface area contributed by atoms with Gasteiger partial charge in [-0.3, -0.25) is 0 Å². The SMILES string of the molecule is COc1ccc2c(c1)C(/C=N/O)CCC2. The van der Waals surface area contributed by atoms with Gasteiger partial charge in [0.05, 0.1) is 13.3 Å². The van der Waals surface area contributed by atoms with Crippen LogP contribution in [0.5, 0.6) is 5.75 Å². The largest absolute Gasteiger partial charge is 0.497 e. The van der Waals surface area contributed by atoms with Crippen LogP contribution in [-0.4, -0.2) is 18.5 Å². The lowest BCUT2D eigenvalue weighted by atomic mass is 9.83. The van der Waals surface area contributed by atoms with Gasteiger partial charge in [0.25, 0.3) is 0 Å². The minimum atomic E-state index is 0.230.